The second-order valence-electron chi connectivity index (χ2n) is 5.92. The van der Waals surface area contributed by atoms with Gasteiger partial charge in [-0.2, -0.15) is 5.10 Å². The van der Waals surface area contributed by atoms with Crippen molar-refractivity contribution in [2.24, 2.45) is 4.99 Å². The van der Waals surface area contributed by atoms with Crippen LogP contribution in [-0.2, 0) is 6.42 Å². The number of benzene rings is 2. The minimum Gasteiger partial charge on any atom is -0.241 e. The van der Waals surface area contributed by atoms with Crippen molar-refractivity contribution in [1.82, 2.24) is 9.78 Å². The fourth-order valence-electron chi connectivity index (χ4n) is 3.26. The van der Waals surface area contributed by atoms with Crippen molar-refractivity contribution in [3.05, 3.63) is 71.7 Å². The molecule has 4 rings (SSSR count). The summed E-state index contributed by atoms with van der Waals surface area (Å²) in [5.41, 5.74) is 4.19. The zero-order valence-electron chi connectivity index (χ0n) is 13.5. The highest BCUT2D eigenvalue weighted by Crippen LogP contribution is 2.40. The van der Waals surface area contributed by atoms with E-state index < -0.39 is 0 Å². The maximum absolute atomic E-state index is 13.3. The topological polar surface area (TPSA) is 30.2 Å². The first-order chi connectivity index (χ1) is 11.8. The Bertz CT molecular complexity index is 879. The number of hydrogen-bond donors (Lipinski definition) is 0. The molecule has 120 valence electrons. The van der Waals surface area contributed by atoms with Gasteiger partial charge in [-0.15, -0.1) is 0 Å². The largest absolute Gasteiger partial charge is 0.241 e. The van der Waals surface area contributed by atoms with Crippen molar-refractivity contribution in [3.63, 3.8) is 0 Å². The Labute approximate surface area is 140 Å². The van der Waals surface area contributed by atoms with E-state index in [1.165, 1.54) is 17.7 Å². The Kier molecular flexibility index (Phi) is 3.73. The van der Waals surface area contributed by atoms with E-state index in [0.717, 1.165) is 35.5 Å². The maximum Gasteiger partial charge on any atom is 0.158 e. The van der Waals surface area contributed by atoms with E-state index in [9.17, 15) is 4.39 Å². The van der Waals surface area contributed by atoms with Crippen molar-refractivity contribution in [2.75, 3.05) is 0 Å². The average molecular weight is 319 g/mol. The number of aryl methyl sites for hydroxylation is 1. The summed E-state index contributed by atoms with van der Waals surface area (Å²) in [6.45, 7) is 2.09. The van der Waals surface area contributed by atoms with Crippen LogP contribution in [0.3, 0.4) is 0 Å². The van der Waals surface area contributed by atoms with Crippen LogP contribution in [0.15, 0.2) is 59.6 Å². The molecule has 2 aromatic carbocycles. The van der Waals surface area contributed by atoms with Gasteiger partial charge in [0.25, 0.3) is 0 Å². The van der Waals surface area contributed by atoms with Crippen LogP contribution in [0.5, 0.6) is 0 Å². The van der Waals surface area contributed by atoms with Gasteiger partial charge in [-0.05, 0) is 29.7 Å². The van der Waals surface area contributed by atoms with E-state index in [0.29, 0.717) is 0 Å². The molecule has 0 N–H and O–H groups in total. The van der Waals surface area contributed by atoms with Crippen molar-refractivity contribution < 1.29 is 4.39 Å². The lowest BCUT2D eigenvalue weighted by atomic mass is 10.0. The van der Waals surface area contributed by atoms with Crippen molar-refractivity contribution in [1.29, 1.82) is 0 Å². The number of hydrogen-bond acceptors (Lipinski definition) is 2. The molecule has 0 saturated carbocycles. The summed E-state index contributed by atoms with van der Waals surface area (Å²) in [6.07, 6.45) is 3.59. The molecule has 0 radical (unpaired) electrons. The molecule has 4 heteroatoms. The number of fused-ring (bicyclic) bond motifs is 1. The zero-order chi connectivity index (χ0) is 16.5. The Balaban J connectivity index is 1.87. The first-order valence-corrected chi connectivity index (χ1v) is 8.22. The first-order valence-electron chi connectivity index (χ1n) is 8.22. The molecule has 0 fully saturated rings. The first kappa shape index (κ1) is 14.8. The zero-order valence-corrected chi connectivity index (χ0v) is 13.5. The molecule has 0 aliphatic carbocycles. The van der Waals surface area contributed by atoms with Crippen molar-refractivity contribution in [2.45, 2.75) is 25.8 Å². The quantitative estimate of drug-likeness (QED) is 0.672. The summed E-state index contributed by atoms with van der Waals surface area (Å²) in [5, 5.41) is 4.84. The third-order valence-corrected chi connectivity index (χ3v) is 4.45. The third kappa shape index (κ3) is 2.44. The molecule has 1 atom stereocenters. The number of halogens is 1. The van der Waals surface area contributed by atoms with Gasteiger partial charge in [-0.25, -0.2) is 14.1 Å². The molecule has 3 aromatic rings. The molecular formula is C20H18FN3. The molecular weight excluding hydrogens is 301 g/mol. The lowest BCUT2D eigenvalue weighted by molar-refractivity contribution is 0.531. The van der Waals surface area contributed by atoms with E-state index in [-0.39, 0.29) is 11.9 Å². The molecule has 24 heavy (non-hydrogen) atoms. The van der Waals surface area contributed by atoms with Crippen LogP contribution in [0.1, 0.15) is 30.6 Å². The molecule has 1 aliphatic heterocycles. The summed E-state index contributed by atoms with van der Waals surface area (Å²) < 4.78 is 15.3. The van der Waals surface area contributed by atoms with Crippen LogP contribution in [0.25, 0.3) is 11.1 Å². The Morgan fingerprint density at radius 3 is 2.54 bits per heavy atom. The van der Waals surface area contributed by atoms with Gasteiger partial charge in [-0.1, -0.05) is 49.4 Å². The number of aliphatic imine (C=N–C) groups is 1. The predicted molar refractivity (Wildman–Crippen MR) is 94.3 cm³/mol. The van der Waals surface area contributed by atoms with Crippen LogP contribution < -0.4 is 0 Å². The Hall–Kier alpha value is -2.75. The average Bonchev–Trinajstić information content (AvgIpc) is 3.02. The molecule has 0 saturated heterocycles. The van der Waals surface area contributed by atoms with Gasteiger partial charge < -0.3 is 0 Å². The van der Waals surface area contributed by atoms with Gasteiger partial charge in [0.1, 0.15) is 5.82 Å². The maximum atomic E-state index is 13.3. The monoisotopic (exact) mass is 319 g/mol. The van der Waals surface area contributed by atoms with Crippen LogP contribution in [0.4, 0.5) is 10.2 Å². The van der Waals surface area contributed by atoms with Gasteiger partial charge in [-0.3, -0.25) is 0 Å². The van der Waals surface area contributed by atoms with Crippen LogP contribution in [0.2, 0.25) is 0 Å². The summed E-state index contributed by atoms with van der Waals surface area (Å²) in [7, 11) is 0. The molecule has 0 spiro atoms. The Morgan fingerprint density at radius 2 is 1.83 bits per heavy atom. The highest BCUT2D eigenvalue weighted by molar-refractivity contribution is 5.80. The number of aromatic nitrogens is 2. The SMILES string of the molecule is CCc1nn2c(c1-c1ccc(F)cc1)N=CC[C@H]2c1ccccc1. The van der Waals surface area contributed by atoms with Gasteiger partial charge >= 0.3 is 0 Å². The standard InChI is InChI=1S/C20H18FN3/c1-2-17-19(15-8-10-16(21)11-9-15)20-22-13-12-18(24(20)23-17)14-6-4-3-5-7-14/h3-11,13,18H,2,12H2,1H3/t18-/m0/s1. The lowest BCUT2D eigenvalue weighted by Gasteiger charge is -2.21. The predicted octanol–water partition coefficient (Wildman–Crippen LogP) is 4.95. The molecule has 0 amide bonds. The van der Waals surface area contributed by atoms with Gasteiger partial charge in [0.05, 0.1) is 11.7 Å². The van der Waals surface area contributed by atoms with Gasteiger partial charge in [0, 0.05) is 18.2 Å². The van der Waals surface area contributed by atoms with E-state index in [1.807, 2.05) is 29.1 Å². The van der Waals surface area contributed by atoms with E-state index in [2.05, 4.69) is 24.0 Å². The fourth-order valence-corrected chi connectivity index (χ4v) is 3.26. The summed E-state index contributed by atoms with van der Waals surface area (Å²) in [4.78, 5) is 4.62. The highest BCUT2D eigenvalue weighted by atomic mass is 19.1. The third-order valence-electron chi connectivity index (χ3n) is 4.45. The lowest BCUT2D eigenvalue weighted by Crippen LogP contribution is -2.15. The minimum absolute atomic E-state index is 0.151. The number of nitrogens with zero attached hydrogens (tertiary/aromatic N) is 3. The smallest absolute Gasteiger partial charge is 0.158 e. The van der Waals surface area contributed by atoms with Crippen molar-refractivity contribution in [3.8, 4) is 11.1 Å². The van der Waals surface area contributed by atoms with E-state index >= 15 is 0 Å². The summed E-state index contributed by atoms with van der Waals surface area (Å²) >= 11 is 0. The van der Waals surface area contributed by atoms with Crippen LogP contribution in [-0.4, -0.2) is 16.0 Å². The van der Waals surface area contributed by atoms with E-state index in [1.54, 1.807) is 12.1 Å². The molecule has 2 heterocycles. The van der Waals surface area contributed by atoms with E-state index in [4.69, 9.17) is 5.10 Å². The van der Waals surface area contributed by atoms with Crippen molar-refractivity contribution >= 4 is 12.0 Å². The van der Waals surface area contributed by atoms with Crippen LogP contribution >= 0.6 is 0 Å². The summed E-state index contributed by atoms with van der Waals surface area (Å²) in [6, 6.07) is 17.1. The molecule has 0 bridgehead atoms. The van der Waals surface area contributed by atoms with Gasteiger partial charge in [0.2, 0.25) is 0 Å². The second kappa shape index (κ2) is 6.04. The normalized spacial score (nSPS) is 16.2. The molecule has 1 aliphatic rings. The highest BCUT2D eigenvalue weighted by Gasteiger charge is 2.26. The molecule has 1 aromatic heterocycles. The summed E-state index contributed by atoms with van der Waals surface area (Å²) in [5.74, 6) is 0.627. The van der Waals surface area contributed by atoms with Crippen LogP contribution in [0, 0.1) is 5.82 Å². The minimum atomic E-state index is -0.233. The second-order valence-corrected chi connectivity index (χ2v) is 5.92. The molecule has 3 nitrogen and oxygen atoms in total. The number of rotatable bonds is 3. The van der Waals surface area contributed by atoms with Gasteiger partial charge in [0.15, 0.2) is 5.82 Å². The molecule has 0 unspecified atom stereocenters. The fraction of sp³-hybridized carbons (Fsp3) is 0.200. The Morgan fingerprint density at radius 1 is 1.08 bits per heavy atom.